The molecule has 10 nitrogen and oxygen atoms in total. The van der Waals surface area contributed by atoms with Gasteiger partial charge in [-0.3, -0.25) is 4.79 Å². The number of anilines is 1. The summed E-state index contributed by atoms with van der Waals surface area (Å²) < 4.78 is 16.7. The van der Waals surface area contributed by atoms with Gasteiger partial charge >= 0.3 is 0 Å². The number of hydrogen-bond acceptors (Lipinski definition) is 9. The molecule has 3 aromatic rings. The van der Waals surface area contributed by atoms with Crippen LogP contribution in [-0.2, 0) is 9.53 Å². The van der Waals surface area contributed by atoms with Crippen LogP contribution in [0.2, 0.25) is 0 Å². The van der Waals surface area contributed by atoms with Gasteiger partial charge in [-0.15, -0.1) is 0 Å². The molecule has 2 saturated heterocycles. The summed E-state index contributed by atoms with van der Waals surface area (Å²) in [5, 5.41) is 7.48. The van der Waals surface area contributed by atoms with Crippen molar-refractivity contribution in [1.82, 2.24) is 25.3 Å². The fraction of sp³-hybridized carbons (Fsp3) is 0.391. The predicted octanol–water partition coefficient (Wildman–Crippen LogP) is 1.52. The molecule has 2 aliphatic heterocycles. The second-order valence-corrected chi connectivity index (χ2v) is 7.87. The van der Waals surface area contributed by atoms with Crippen LogP contribution in [0.3, 0.4) is 0 Å². The highest BCUT2D eigenvalue weighted by Crippen LogP contribution is 2.26. The molecule has 1 aromatic carbocycles. The smallest absolute Gasteiger partial charge is 0.261 e. The molecule has 33 heavy (non-hydrogen) atoms. The molecule has 1 amide bonds. The molecule has 2 aliphatic rings. The van der Waals surface area contributed by atoms with E-state index >= 15 is 0 Å². The quantitative estimate of drug-likeness (QED) is 0.598. The van der Waals surface area contributed by atoms with Crippen molar-refractivity contribution in [2.45, 2.75) is 6.04 Å². The third-order valence-corrected chi connectivity index (χ3v) is 5.73. The van der Waals surface area contributed by atoms with Crippen LogP contribution >= 0.6 is 0 Å². The first-order valence-electron chi connectivity index (χ1n) is 11.1. The molecule has 1 N–H and O–H groups in total. The number of para-hydroxylation sites is 1. The zero-order valence-corrected chi connectivity index (χ0v) is 18.2. The van der Waals surface area contributed by atoms with Gasteiger partial charge in [-0.25, -0.2) is 4.98 Å². The number of rotatable bonds is 6. The highest BCUT2D eigenvalue weighted by molar-refractivity contribution is 5.78. The van der Waals surface area contributed by atoms with E-state index in [1.165, 1.54) is 0 Å². The number of nitrogens with one attached hydrogen (secondary N) is 1. The first-order chi connectivity index (χ1) is 16.3. The largest absolute Gasteiger partial charge is 0.484 e. The van der Waals surface area contributed by atoms with Crippen molar-refractivity contribution in [1.29, 1.82) is 0 Å². The van der Waals surface area contributed by atoms with Gasteiger partial charge in [0.25, 0.3) is 11.8 Å². The summed E-state index contributed by atoms with van der Waals surface area (Å²) in [6.07, 6.45) is 1.75. The standard InChI is InChI=1S/C23H26N6O4/c30-21(16-32-18-4-2-1-3-5-18)29-9-8-24-15-19(29)23-26-22(27-33-23)17-6-7-25-20(14-17)28-10-12-31-13-11-28/h1-7,14,19,24H,8-13,15-16H2. The van der Waals surface area contributed by atoms with Crippen LogP contribution in [0.5, 0.6) is 5.75 Å². The molecule has 5 rings (SSSR count). The number of nitrogens with zero attached hydrogens (tertiary/aromatic N) is 5. The lowest BCUT2D eigenvalue weighted by Gasteiger charge is -2.33. The minimum atomic E-state index is -0.354. The van der Waals surface area contributed by atoms with Crippen molar-refractivity contribution >= 4 is 11.7 Å². The number of hydrogen-bond donors (Lipinski definition) is 1. The number of ether oxygens (including phenoxy) is 2. The van der Waals surface area contributed by atoms with Gasteiger partial charge in [0, 0.05) is 44.5 Å². The van der Waals surface area contributed by atoms with Crippen LogP contribution in [-0.4, -0.2) is 78.5 Å². The zero-order chi connectivity index (χ0) is 22.5. The third-order valence-electron chi connectivity index (χ3n) is 5.73. The second-order valence-electron chi connectivity index (χ2n) is 7.87. The summed E-state index contributed by atoms with van der Waals surface area (Å²) in [6, 6.07) is 12.8. The number of piperazine rings is 1. The summed E-state index contributed by atoms with van der Waals surface area (Å²) in [6.45, 7) is 4.68. The fourth-order valence-electron chi connectivity index (χ4n) is 3.98. The van der Waals surface area contributed by atoms with Crippen molar-refractivity contribution in [3.63, 3.8) is 0 Å². The Labute approximate surface area is 191 Å². The zero-order valence-electron chi connectivity index (χ0n) is 18.2. The molecule has 0 radical (unpaired) electrons. The molecular formula is C23H26N6O4. The average Bonchev–Trinajstić information content (AvgIpc) is 3.39. The lowest BCUT2D eigenvalue weighted by molar-refractivity contribution is -0.137. The highest BCUT2D eigenvalue weighted by atomic mass is 16.5. The maximum Gasteiger partial charge on any atom is 0.261 e. The van der Waals surface area contributed by atoms with Crippen molar-refractivity contribution in [2.75, 3.05) is 57.4 Å². The number of morpholine rings is 1. The van der Waals surface area contributed by atoms with E-state index < -0.39 is 0 Å². The molecule has 2 fully saturated rings. The SMILES string of the molecule is O=C(COc1ccccc1)N1CCNCC1c1nc(-c2ccnc(N3CCOCC3)c2)no1. The molecule has 1 atom stereocenters. The number of amides is 1. The Morgan fingerprint density at radius 1 is 1.15 bits per heavy atom. The average molecular weight is 450 g/mol. The Hall–Kier alpha value is -3.50. The van der Waals surface area contributed by atoms with E-state index in [9.17, 15) is 4.79 Å². The van der Waals surface area contributed by atoms with Gasteiger partial charge < -0.3 is 29.1 Å². The number of aromatic nitrogens is 3. The number of benzene rings is 1. The summed E-state index contributed by atoms with van der Waals surface area (Å²) >= 11 is 0. The molecule has 10 heteroatoms. The molecule has 172 valence electrons. The maximum atomic E-state index is 12.9. The third kappa shape index (κ3) is 4.96. The first-order valence-corrected chi connectivity index (χ1v) is 11.1. The van der Waals surface area contributed by atoms with E-state index in [1.807, 2.05) is 42.5 Å². The van der Waals surface area contributed by atoms with Gasteiger partial charge in [0.15, 0.2) is 6.61 Å². The molecule has 0 saturated carbocycles. The predicted molar refractivity (Wildman–Crippen MR) is 120 cm³/mol. The van der Waals surface area contributed by atoms with Gasteiger partial charge in [-0.1, -0.05) is 23.4 Å². The van der Waals surface area contributed by atoms with E-state index in [0.29, 0.717) is 50.3 Å². The lowest BCUT2D eigenvalue weighted by atomic mass is 10.2. The van der Waals surface area contributed by atoms with Crippen molar-refractivity contribution in [3.8, 4) is 17.1 Å². The van der Waals surface area contributed by atoms with E-state index in [2.05, 4.69) is 25.3 Å². The second kappa shape index (κ2) is 9.97. The fourth-order valence-corrected chi connectivity index (χ4v) is 3.98. The summed E-state index contributed by atoms with van der Waals surface area (Å²) in [5.74, 6) is 2.27. The number of carbonyl (C=O) groups is 1. The summed E-state index contributed by atoms with van der Waals surface area (Å²) in [4.78, 5) is 25.9. The van der Waals surface area contributed by atoms with Gasteiger partial charge in [0.2, 0.25) is 5.82 Å². The van der Waals surface area contributed by atoms with Crippen molar-refractivity contribution in [2.24, 2.45) is 0 Å². The van der Waals surface area contributed by atoms with Crippen LogP contribution in [0.4, 0.5) is 5.82 Å². The maximum absolute atomic E-state index is 12.9. The molecule has 0 bridgehead atoms. The number of carbonyl (C=O) groups excluding carboxylic acids is 1. The topological polar surface area (TPSA) is 106 Å². The summed E-state index contributed by atoms with van der Waals surface area (Å²) in [5.41, 5.74) is 0.815. The number of pyridine rings is 1. The van der Waals surface area contributed by atoms with Gasteiger partial charge in [-0.05, 0) is 24.3 Å². The minimum absolute atomic E-state index is 0.0469. The van der Waals surface area contributed by atoms with Crippen LogP contribution in [0.15, 0.2) is 53.2 Å². The van der Waals surface area contributed by atoms with Crippen molar-refractivity contribution < 1.29 is 18.8 Å². The van der Waals surface area contributed by atoms with Crippen molar-refractivity contribution in [3.05, 3.63) is 54.6 Å². The molecule has 4 heterocycles. The molecule has 2 aromatic heterocycles. The Balaban J connectivity index is 1.30. The monoisotopic (exact) mass is 450 g/mol. The lowest BCUT2D eigenvalue weighted by Crippen LogP contribution is -2.50. The minimum Gasteiger partial charge on any atom is -0.484 e. The summed E-state index contributed by atoms with van der Waals surface area (Å²) in [7, 11) is 0. The van der Waals surface area contributed by atoms with Crippen LogP contribution < -0.4 is 15.0 Å². The Bertz CT molecular complexity index is 1070. The molecule has 0 aliphatic carbocycles. The highest BCUT2D eigenvalue weighted by Gasteiger charge is 2.32. The molecular weight excluding hydrogens is 424 g/mol. The Morgan fingerprint density at radius 3 is 2.85 bits per heavy atom. The molecule has 0 spiro atoms. The van der Waals surface area contributed by atoms with E-state index in [1.54, 1.807) is 11.1 Å². The van der Waals surface area contributed by atoms with E-state index in [4.69, 9.17) is 14.0 Å². The van der Waals surface area contributed by atoms with Crippen LogP contribution in [0.1, 0.15) is 11.9 Å². The van der Waals surface area contributed by atoms with Gasteiger partial charge in [0.05, 0.1) is 13.2 Å². The first kappa shape index (κ1) is 21.4. The van der Waals surface area contributed by atoms with Crippen LogP contribution in [0, 0.1) is 0 Å². The van der Waals surface area contributed by atoms with E-state index in [-0.39, 0.29) is 18.6 Å². The van der Waals surface area contributed by atoms with Crippen LogP contribution in [0.25, 0.3) is 11.4 Å². The van der Waals surface area contributed by atoms with Gasteiger partial charge in [0.1, 0.15) is 17.6 Å². The Kier molecular flexibility index (Phi) is 6.45. The van der Waals surface area contributed by atoms with Gasteiger partial charge in [-0.2, -0.15) is 4.98 Å². The van der Waals surface area contributed by atoms with E-state index in [0.717, 1.165) is 24.5 Å². The normalized spacial score (nSPS) is 18.8. The Morgan fingerprint density at radius 2 is 2.00 bits per heavy atom. The molecule has 1 unspecified atom stereocenters.